The number of nitrogens with one attached hydrogen (secondary N) is 1. The van der Waals surface area contributed by atoms with Crippen molar-refractivity contribution in [1.29, 1.82) is 0 Å². The number of fused-ring (bicyclic) bond motifs is 1. The van der Waals surface area contributed by atoms with Gasteiger partial charge in [-0.1, -0.05) is 22.4 Å². The van der Waals surface area contributed by atoms with E-state index in [0.717, 1.165) is 21.3 Å². The van der Waals surface area contributed by atoms with Crippen molar-refractivity contribution in [1.82, 2.24) is 9.55 Å². The standard InChI is InChI=1S/C13H15BrN2S2/c14-9-4-5-12-11(7-9)15-13(17)16(12)8-10-3-1-2-6-18-10/h4-5,7,10H,1-3,6,8H2,(H,15,17). The summed E-state index contributed by atoms with van der Waals surface area (Å²) in [5, 5.41) is 0.716. The predicted octanol–water partition coefficient (Wildman–Crippen LogP) is 4.75. The molecule has 1 aliphatic heterocycles. The number of rotatable bonds is 2. The fourth-order valence-electron chi connectivity index (χ4n) is 2.47. The third-order valence-corrected chi connectivity index (χ3v) is 5.59. The van der Waals surface area contributed by atoms with E-state index in [-0.39, 0.29) is 0 Å². The van der Waals surface area contributed by atoms with Crippen molar-refractivity contribution < 1.29 is 0 Å². The Kier molecular flexibility index (Phi) is 3.82. The number of H-pyrrole nitrogens is 1. The van der Waals surface area contributed by atoms with Gasteiger partial charge < -0.3 is 9.55 Å². The smallest absolute Gasteiger partial charge is 0.178 e. The Balaban J connectivity index is 1.95. The van der Waals surface area contributed by atoms with Crippen molar-refractivity contribution in [3.05, 3.63) is 27.4 Å². The molecule has 1 saturated heterocycles. The van der Waals surface area contributed by atoms with Gasteiger partial charge in [-0.15, -0.1) is 0 Å². The van der Waals surface area contributed by atoms with Crippen LogP contribution < -0.4 is 0 Å². The quantitative estimate of drug-likeness (QED) is 0.795. The molecule has 18 heavy (non-hydrogen) atoms. The fourth-order valence-corrected chi connectivity index (χ4v) is 4.41. The summed E-state index contributed by atoms with van der Waals surface area (Å²) in [6.45, 7) is 1.03. The van der Waals surface area contributed by atoms with Gasteiger partial charge in [-0.2, -0.15) is 11.8 Å². The largest absolute Gasteiger partial charge is 0.331 e. The van der Waals surface area contributed by atoms with Gasteiger partial charge in [-0.05, 0) is 49.0 Å². The molecule has 2 nitrogen and oxygen atoms in total. The van der Waals surface area contributed by atoms with E-state index in [4.69, 9.17) is 12.2 Å². The van der Waals surface area contributed by atoms with Crippen molar-refractivity contribution in [2.45, 2.75) is 31.1 Å². The molecule has 1 aromatic carbocycles. The summed E-state index contributed by atoms with van der Waals surface area (Å²) in [5.41, 5.74) is 2.34. The van der Waals surface area contributed by atoms with Gasteiger partial charge in [0.2, 0.25) is 0 Å². The summed E-state index contributed by atoms with van der Waals surface area (Å²) in [4.78, 5) is 3.30. The summed E-state index contributed by atoms with van der Waals surface area (Å²) < 4.78 is 4.18. The summed E-state index contributed by atoms with van der Waals surface area (Å²) in [6, 6.07) is 6.31. The lowest BCUT2D eigenvalue weighted by atomic mass is 10.2. The Bertz CT molecular complexity index is 611. The number of aromatic nitrogens is 2. The monoisotopic (exact) mass is 342 g/mol. The normalized spacial score (nSPS) is 20.4. The number of hydrogen-bond donors (Lipinski definition) is 1. The van der Waals surface area contributed by atoms with Crippen molar-refractivity contribution >= 4 is 50.9 Å². The molecule has 96 valence electrons. The summed E-state index contributed by atoms with van der Waals surface area (Å²) in [5.74, 6) is 1.30. The highest BCUT2D eigenvalue weighted by Gasteiger charge is 2.16. The van der Waals surface area contributed by atoms with E-state index in [1.807, 2.05) is 0 Å². The van der Waals surface area contributed by atoms with E-state index in [9.17, 15) is 0 Å². The van der Waals surface area contributed by atoms with Crippen LogP contribution in [-0.2, 0) is 6.54 Å². The van der Waals surface area contributed by atoms with Crippen LogP contribution in [0.15, 0.2) is 22.7 Å². The van der Waals surface area contributed by atoms with Crippen LogP contribution in [0.3, 0.4) is 0 Å². The summed E-state index contributed by atoms with van der Waals surface area (Å²) >= 11 is 11.0. The molecule has 0 saturated carbocycles. The highest BCUT2D eigenvalue weighted by molar-refractivity contribution is 9.10. The lowest BCUT2D eigenvalue weighted by molar-refractivity contribution is 0.588. The number of benzene rings is 1. The second-order valence-corrected chi connectivity index (χ2v) is 7.40. The van der Waals surface area contributed by atoms with E-state index in [1.165, 1.54) is 30.5 Å². The number of nitrogens with zero attached hydrogens (tertiary/aromatic N) is 1. The molecule has 1 N–H and O–H groups in total. The van der Waals surface area contributed by atoms with Crippen LogP contribution in [0.1, 0.15) is 19.3 Å². The van der Waals surface area contributed by atoms with E-state index in [1.54, 1.807) is 0 Å². The average Bonchev–Trinajstić information content (AvgIpc) is 2.66. The minimum Gasteiger partial charge on any atom is -0.331 e. The summed E-state index contributed by atoms with van der Waals surface area (Å²) in [7, 11) is 0. The number of imidazole rings is 1. The minimum absolute atomic E-state index is 0.716. The first-order valence-electron chi connectivity index (χ1n) is 6.24. The molecule has 0 spiro atoms. The minimum atomic E-state index is 0.716. The van der Waals surface area contributed by atoms with Gasteiger partial charge in [0.15, 0.2) is 4.77 Å². The first-order valence-corrected chi connectivity index (χ1v) is 8.49. The Morgan fingerprint density at radius 1 is 1.44 bits per heavy atom. The van der Waals surface area contributed by atoms with Crippen LogP contribution in [0.4, 0.5) is 0 Å². The van der Waals surface area contributed by atoms with Gasteiger partial charge in [0.1, 0.15) is 0 Å². The predicted molar refractivity (Wildman–Crippen MR) is 84.9 cm³/mol. The first kappa shape index (κ1) is 12.8. The molecule has 0 bridgehead atoms. The summed E-state index contributed by atoms with van der Waals surface area (Å²) in [6.07, 6.45) is 4.04. The second-order valence-electron chi connectivity index (χ2n) is 4.69. The van der Waals surface area contributed by atoms with Crippen LogP contribution in [0.5, 0.6) is 0 Å². The maximum absolute atomic E-state index is 5.45. The molecule has 1 unspecified atom stereocenters. The molecule has 1 atom stereocenters. The number of aromatic amines is 1. The third-order valence-electron chi connectivity index (χ3n) is 3.40. The zero-order chi connectivity index (χ0) is 12.5. The fraction of sp³-hybridized carbons (Fsp3) is 0.462. The molecule has 0 radical (unpaired) electrons. The first-order chi connectivity index (χ1) is 8.74. The molecule has 3 rings (SSSR count). The molecule has 0 amide bonds. The van der Waals surface area contributed by atoms with Crippen LogP contribution in [0.25, 0.3) is 11.0 Å². The number of hydrogen-bond acceptors (Lipinski definition) is 2. The molecule has 5 heteroatoms. The highest BCUT2D eigenvalue weighted by atomic mass is 79.9. The average molecular weight is 343 g/mol. The molecule has 0 aliphatic carbocycles. The number of halogens is 1. The van der Waals surface area contributed by atoms with Crippen LogP contribution in [0.2, 0.25) is 0 Å². The topological polar surface area (TPSA) is 20.7 Å². The van der Waals surface area contributed by atoms with Crippen LogP contribution >= 0.6 is 39.9 Å². The second kappa shape index (κ2) is 5.39. The van der Waals surface area contributed by atoms with Crippen molar-refractivity contribution in [3.63, 3.8) is 0 Å². The molecule has 1 aromatic heterocycles. The molecule has 2 heterocycles. The van der Waals surface area contributed by atoms with E-state index >= 15 is 0 Å². The lowest BCUT2D eigenvalue weighted by Gasteiger charge is -2.21. The maximum atomic E-state index is 5.45. The number of thioether (sulfide) groups is 1. The van der Waals surface area contributed by atoms with Crippen LogP contribution in [0, 0.1) is 4.77 Å². The third kappa shape index (κ3) is 2.53. The maximum Gasteiger partial charge on any atom is 0.178 e. The van der Waals surface area contributed by atoms with Gasteiger partial charge in [-0.25, -0.2) is 0 Å². The van der Waals surface area contributed by atoms with Crippen LogP contribution in [-0.4, -0.2) is 20.6 Å². The van der Waals surface area contributed by atoms with Gasteiger partial charge in [0, 0.05) is 16.3 Å². The van der Waals surface area contributed by atoms with Crippen molar-refractivity contribution in [3.8, 4) is 0 Å². The Morgan fingerprint density at radius 2 is 2.33 bits per heavy atom. The van der Waals surface area contributed by atoms with Gasteiger partial charge >= 0.3 is 0 Å². The molecular formula is C13H15BrN2S2. The van der Waals surface area contributed by atoms with Crippen molar-refractivity contribution in [2.24, 2.45) is 0 Å². The van der Waals surface area contributed by atoms with Gasteiger partial charge in [0.25, 0.3) is 0 Å². The van der Waals surface area contributed by atoms with Crippen molar-refractivity contribution in [2.75, 3.05) is 5.75 Å². The zero-order valence-electron chi connectivity index (χ0n) is 9.99. The Labute approximate surface area is 124 Å². The Morgan fingerprint density at radius 3 is 3.11 bits per heavy atom. The molecule has 1 aliphatic rings. The lowest BCUT2D eigenvalue weighted by Crippen LogP contribution is -2.16. The van der Waals surface area contributed by atoms with Gasteiger partial charge in [0.05, 0.1) is 11.0 Å². The zero-order valence-corrected chi connectivity index (χ0v) is 13.2. The highest BCUT2D eigenvalue weighted by Crippen LogP contribution is 2.28. The van der Waals surface area contributed by atoms with E-state index in [0.29, 0.717) is 5.25 Å². The molecule has 2 aromatic rings. The van der Waals surface area contributed by atoms with Gasteiger partial charge in [-0.3, -0.25) is 0 Å². The SMILES string of the molecule is S=c1[nH]c2cc(Br)ccc2n1CC1CCCCS1. The Hall–Kier alpha value is -0.260. The van der Waals surface area contributed by atoms with E-state index < -0.39 is 0 Å². The van der Waals surface area contributed by atoms with E-state index in [2.05, 4.69) is 55.4 Å². The molecular weight excluding hydrogens is 328 g/mol. The molecule has 1 fully saturated rings.